The third kappa shape index (κ3) is 2.59. The van der Waals surface area contributed by atoms with Gasteiger partial charge in [-0.3, -0.25) is 4.79 Å². The first kappa shape index (κ1) is 23.4. The number of hydrogen-bond acceptors (Lipinski definition) is 5. The molecule has 3 fully saturated rings. The Bertz CT molecular complexity index is 1290. The molecular weight excluding hydrogens is 454 g/mol. The van der Waals surface area contributed by atoms with E-state index in [1.807, 2.05) is 12.1 Å². The van der Waals surface area contributed by atoms with Crippen molar-refractivity contribution in [1.29, 1.82) is 0 Å². The number of epoxide rings is 1. The summed E-state index contributed by atoms with van der Waals surface area (Å²) in [4.78, 5) is 25.3. The van der Waals surface area contributed by atoms with Crippen molar-refractivity contribution in [3.63, 3.8) is 0 Å². The summed E-state index contributed by atoms with van der Waals surface area (Å²) < 4.78 is 12.9. The van der Waals surface area contributed by atoms with E-state index in [1.165, 1.54) is 18.1 Å². The number of carbonyl (C=O) groups excluding carboxylic acids is 2. The number of esters is 1. The smallest absolute Gasteiger partial charge is 0.337 e. The number of carbonyl (C=O) groups is 2. The lowest BCUT2D eigenvalue weighted by atomic mass is 9.59. The lowest BCUT2D eigenvalue weighted by Gasteiger charge is -2.45. The third-order valence-corrected chi connectivity index (χ3v) is 10.0. The third-order valence-electron chi connectivity index (χ3n) is 10.0. The fraction of sp³-hybridized carbons (Fsp3) is 0.467. The minimum Gasteiger partial charge on any atom is -0.460 e. The molecule has 0 aromatic heterocycles. The van der Waals surface area contributed by atoms with Crippen LogP contribution in [0.1, 0.15) is 63.3 Å². The molecule has 2 aromatic carbocycles. The lowest BCUT2D eigenvalue weighted by Crippen LogP contribution is -2.53. The van der Waals surface area contributed by atoms with Crippen molar-refractivity contribution in [3.05, 3.63) is 77.9 Å². The van der Waals surface area contributed by atoms with Crippen molar-refractivity contribution < 1.29 is 24.2 Å². The number of benzene rings is 2. The summed E-state index contributed by atoms with van der Waals surface area (Å²) in [6, 6.07) is 16.5. The molecule has 0 spiro atoms. The van der Waals surface area contributed by atoms with Crippen LogP contribution in [0.3, 0.4) is 0 Å². The highest BCUT2D eigenvalue weighted by atomic mass is 16.6. The maximum absolute atomic E-state index is 13.4. The fourth-order valence-corrected chi connectivity index (χ4v) is 8.13. The SMILES string of the molecule is C=C1C[C@@]23O[C@]2(c2ccccc21)C1CC(OC(=O)[C@H](O)[C@@H](NC(C)=O)c2ccccc2)C3(C)C1(C)C. The van der Waals surface area contributed by atoms with Crippen molar-refractivity contribution >= 4 is 17.4 Å². The molecule has 3 unspecified atom stereocenters. The summed E-state index contributed by atoms with van der Waals surface area (Å²) in [6.07, 6.45) is -0.621. The molecule has 1 amide bonds. The largest absolute Gasteiger partial charge is 0.460 e. The fourth-order valence-electron chi connectivity index (χ4n) is 8.13. The van der Waals surface area contributed by atoms with E-state index in [1.54, 1.807) is 24.3 Å². The quantitative estimate of drug-likeness (QED) is 0.485. The first-order valence-electron chi connectivity index (χ1n) is 12.7. The maximum Gasteiger partial charge on any atom is 0.337 e. The van der Waals surface area contributed by atoms with E-state index in [9.17, 15) is 14.7 Å². The van der Waals surface area contributed by atoms with E-state index in [4.69, 9.17) is 9.47 Å². The monoisotopic (exact) mass is 487 g/mol. The topological polar surface area (TPSA) is 88.2 Å². The summed E-state index contributed by atoms with van der Waals surface area (Å²) in [5.74, 6) is -0.914. The molecule has 6 rings (SSSR count). The van der Waals surface area contributed by atoms with Crippen LogP contribution < -0.4 is 5.32 Å². The summed E-state index contributed by atoms with van der Waals surface area (Å²) in [5, 5.41) is 13.8. The predicted molar refractivity (Wildman–Crippen MR) is 134 cm³/mol. The Kier molecular flexibility index (Phi) is 4.75. The number of rotatable bonds is 5. The molecule has 36 heavy (non-hydrogen) atoms. The Morgan fingerprint density at radius 3 is 2.47 bits per heavy atom. The average Bonchev–Trinajstić information content (AvgIpc) is 3.48. The molecular formula is C30H33NO5. The van der Waals surface area contributed by atoms with Gasteiger partial charge in [0, 0.05) is 24.7 Å². The zero-order valence-electron chi connectivity index (χ0n) is 21.2. The maximum atomic E-state index is 13.4. The van der Waals surface area contributed by atoms with Gasteiger partial charge in [0.2, 0.25) is 5.91 Å². The van der Waals surface area contributed by atoms with Crippen molar-refractivity contribution in [2.75, 3.05) is 0 Å². The van der Waals surface area contributed by atoms with Crippen LogP contribution in [0.15, 0.2) is 61.2 Å². The second-order valence-electron chi connectivity index (χ2n) is 11.7. The minimum absolute atomic E-state index is 0.152. The van der Waals surface area contributed by atoms with Crippen LogP contribution in [0.25, 0.3) is 5.57 Å². The number of aliphatic hydroxyl groups is 1. The summed E-state index contributed by atoms with van der Waals surface area (Å²) >= 11 is 0. The van der Waals surface area contributed by atoms with Gasteiger partial charge in [0.1, 0.15) is 17.3 Å². The van der Waals surface area contributed by atoms with Gasteiger partial charge in [0.15, 0.2) is 6.10 Å². The lowest BCUT2D eigenvalue weighted by molar-refractivity contribution is -0.172. The van der Waals surface area contributed by atoms with Crippen molar-refractivity contribution in [3.8, 4) is 0 Å². The molecule has 0 radical (unpaired) electrons. The molecule has 2 aromatic rings. The first-order chi connectivity index (χ1) is 17.0. The number of hydrogen-bond donors (Lipinski definition) is 2. The van der Waals surface area contributed by atoms with Gasteiger partial charge in [-0.05, 0) is 34.1 Å². The predicted octanol–water partition coefficient (Wildman–Crippen LogP) is 4.28. The first-order valence-corrected chi connectivity index (χ1v) is 12.7. The van der Waals surface area contributed by atoms with Gasteiger partial charge >= 0.3 is 5.97 Å². The summed E-state index contributed by atoms with van der Waals surface area (Å²) in [5.41, 5.74) is 2.51. The molecule has 2 bridgehead atoms. The number of amides is 1. The zero-order valence-corrected chi connectivity index (χ0v) is 21.2. The summed E-state index contributed by atoms with van der Waals surface area (Å²) in [6.45, 7) is 12.4. The van der Waals surface area contributed by atoms with Gasteiger partial charge in [0.05, 0.1) is 6.04 Å². The molecule has 1 saturated heterocycles. The van der Waals surface area contributed by atoms with Gasteiger partial charge < -0.3 is 19.9 Å². The normalized spacial score (nSPS) is 36.2. The molecule has 2 saturated carbocycles. The molecule has 1 aliphatic heterocycles. The van der Waals surface area contributed by atoms with Crippen LogP contribution in [0.2, 0.25) is 0 Å². The molecule has 2 N–H and O–H groups in total. The molecule has 4 aliphatic rings. The van der Waals surface area contributed by atoms with E-state index < -0.39 is 40.8 Å². The minimum atomic E-state index is -1.54. The van der Waals surface area contributed by atoms with Gasteiger partial charge in [0.25, 0.3) is 0 Å². The van der Waals surface area contributed by atoms with Crippen LogP contribution in [-0.2, 0) is 24.7 Å². The number of ether oxygens (including phenoxy) is 2. The van der Waals surface area contributed by atoms with Crippen LogP contribution in [0, 0.1) is 16.7 Å². The molecule has 6 heteroatoms. The second kappa shape index (κ2) is 7.30. The highest BCUT2D eigenvalue weighted by molar-refractivity contribution is 5.80. The molecule has 3 aliphatic carbocycles. The van der Waals surface area contributed by atoms with Gasteiger partial charge in [-0.2, -0.15) is 0 Å². The molecule has 188 valence electrons. The Balaban J connectivity index is 1.32. The Morgan fingerprint density at radius 1 is 1.11 bits per heavy atom. The van der Waals surface area contributed by atoms with Crippen LogP contribution in [0.4, 0.5) is 0 Å². The second-order valence-corrected chi connectivity index (χ2v) is 11.7. The highest BCUT2D eigenvalue weighted by Crippen LogP contribution is 2.89. The van der Waals surface area contributed by atoms with Crippen LogP contribution in [-0.4, -0.2) is 34.8 Å². The van der Waals surface area contributed by atoms with Crippen molar-refractivity contribution in [1.82, 2.24) is 5.32 Å². The average molecular weight is 488 g/mol. The Hall–Kier alpha value is -2.96. The van der Waals surface area contributed by atoms with Crippen molar-refractivity contribution in [2.24, 2.45) is 16.7 Å². The van der Waals surface area contributed by atoms with E-state index in [0.29, 0.717) is 18.4 Å². The number of fused-ring (bicyclic) bond motifs is 3. The Labute approximate surface area is 211 Å². The zero-order chi connectivity index (χ0) is 25.7. The molecule has 6 nitrogen and oxygen atoms in total. The molecule has 1 heterocycles. The summed E-state index contributed by atoms with van der Waals surface area (Å²) in [7, 11) is 0. The van der Waals surface area contributed by atoms with E-state index >= 15 is 0 Å². The van der Waals surface area contributed by atoms with Gasteiger partial charge in [-0.15, -0.1) is 0 Å². The van der Waals surface area contributed by atoms with Crippen molar-refractivity contribution in [2.45, 2.75) is 70.0 Å². The standard InChI is InChI=1S/C30H33NO5/c1-17-16-29-28(5)23(35-26(34)25(33)24(31-18(2)32)19-11-7-6-8-12-19)15-22(27(28,3)4)30(29,36-29)21-14-10-9-13-20(17)21/h6-14,22-25,33H,1,15-16H2,2-5H3,(H,31,32)/t22?,23?,24-,25+,28?,29-,30+/m0/s1. The Morgan fingerprint density at radius 2 is 1.78 bits per heavy atom. The number of aliphatic hydroxyl groups excluding tert-OH is 1. The van der Waals surface area contributed by atoms with E-state index in [2.05, 4.69) is 50.9 Å². The number of nitrogens with one attached hydrogen (secondary N) is 1. The van der Waals surface area contributed by atoms with Gasteiger partial charge in [-0.1, -0.05) is 81.9 Å². The molecule has 7 atom stereocenters. The highest BCUT2D eigenvalue weighted by Gasteiger charge is 2.95. The van der Waals surface area contributed by atoms with E-state index in [-0.39, 0.29) is 17.2 Å². The van der Waals surface area contributed by atoms with E-state index in [0.717, 1.165) is 5.57 Å². The van der Waals surface area contributed by atoms with Crippen LogP contribution >= 0.6 is 0 Å². The van der Waals surface area contributed by atoms with Gasteiger partial charge in [-0.25, -0.2) is 4.79 Å². The van der Waals surface area contributed by atoms with Crippen LogP contribution in [0.5, 0.6) is 0 Å².